The minimum absolute atomic E-state index is 0.0542. The molecule has 2 aliphatic heterocycles. The van der Waals surface area contributed by atoms with E-state index in [2.05, 4.69) is 69.0 Å². The quantitative estimate of drug-likeness (QED) is 0.677. The molecular weight excluding hydrogens is 408 g/mol. The Kier molecular flexibility index (Phi) is 5.02. The molecule has 0 bridgehead atoms. The molecule has 1 aromatic heterocycles. The normalized spacial score (nSPS) is 22.8. The lowest BCUT2D eigenvalue weighted by atomic mass is 9.86. The minimum atomic E-state index is -3.24. The number of hydrogen-bond donors (Lipinski definition) is 1. The largest absolute Gasteiger partial charge is 0.364 e. The molecule has 2 aromatic carbocycles. The second-order valence-corrected chi connectivity index (χ2v) is 10.3. The second-order valence-electron chi connectivity index (χ2n) is 8.54. The number of piperidine rings is 1. The summed E-state index contributed by atoms with van der Waals surface area (Å²) < 4.78 is 26.6. The van der Waals surface area contributed by atoms with Gasteiger partial charge in [-0.05, 0) is 47.7 Å². The van der Waals surface area contributed by atoms with Crippen LogP contribution in [0, 0.1) is 0 Å². The van der Waals surface area contributed by atoms with Crippen LogP contribution < -0.4 is 9.62 Å². The van der Waals surface area contributed by atoms with Crippen LogP contribution in [0.25, 0.3) is 11.3 Å². The van der Waals surface area contributed by atoms with E-state index in [0.29, 0.717) is 0 Å². The average molecular weight is 435 g/mol. The van der Waals surface area contributed by atoms with Gasteiger partial charge >= 0.3 is 0 Å². The summed E-state index contributed by atoms with van der Waals surface area (Å²) in [5, 5.41) is 0. The lowest BCUT2D eigenvalue weighted by Crippen LogP contribution is -2.46. The number of nitrogens with one attached hydrogen (secondary N) is 1. The van der Waals surface area contributed by atoms with Gasteiger partial charge in [0, 0.05) is 36.0 Å². The van der Waals surface area contributed by atoms with Crippen LogP contribution in [-0.4, -0.2) is 37.2 Å². The highest BCUT2D eigenvalue weighted by molar-refractivity contribution is 7.88. The first-order chi connectivity index (χ1) is 14.9. The van der Waals surface area contributed by atoms with Crippen molar-refractivity contribution in [2.75, 3.05) is 17.7 Å². The van der Waals surface area contributed by atoms with Gasteiger partial charge in [0.25, 0.3) is 0 Å². The fourth-order valence-corrected chi connectivity index (χ4v) is 5.94. The number of aromatic nitrogens is 2. The van der Waals surface area contributed by atoms with Crippen molar-refractivity contribution in [2.45, 2.75) is 37.8 Å². The Balaban J connectivity index is 1.61. The summed E-state index contributed by atoms with van der Waals surface area (Å²) >= 11 is 0. The number of fused-ring (bicyclic) bond motifs is 5. The molecule has 31 heavy (non-hydrogen) atoms. The molecule has 160 valence electrons. The average Bonchev–Trinajstić information content (AvgIpc) is 2.87. The predicted octanol–water partition coefficient (Wildman–Crippen LogP) is 3.87. The van der Waals surface area contributed by atoms with Crippen LogP contribution in [0.15, 0.2) is 61.1 Å². The van der Waals surface area contributed by atoms with Crippen LogP contribution in [0.4, 0.5) is 5.69 Å². The number of sulfonamides is 1. The Labute approximate surface area is 183 Å². The van der Waals surface area contributed by atoms with E-state index in [-0.39, 0.29) is 18.0 Å². The fraction of sp³-hybridized carbons (Fsp3) is 0.333. The van der Waals surface area contributed by atoms with Crippen molar-refractivity contribution in [3.63, 3.8) is 0 Å². The van der Waals surface area contributed by atoms with Gasteiger partial charge in [0.2, 0.25) is 10.0 Å². The Morgan fingerprint density at radius 1 is 1.06 bits per heavy atom. The number of rotatable bonds is 3. The van der Waals surface area contributed by atoms with Crippen LogP contribution in [0.3, 0.4) is 0 Å². The van der Waals surface area contributed by atoms with Gasteiger partial charge in [-0.15, -0.1) is 0 Å². The summed E-state index contributed by atoms with van der Waals surface area (Å²) in [6, 6.07) is 17.2. The maximum absolute atomic E-state index is 11.9. The summed E-state index contributed by atoms with van der Waals surface area (Å²) in [5.41, 5.74) is 7.09. The smallest absolute Gasteiger partial charge is 0.208 e. The van der Waals surface area contributed by atoms with E-state index in [4.69, 9.17) is 0 Å². The Morgan fingerprint density at radius 2 is 1.87 bits per heavy atom. The molecule has 7 heteroatoms. The summed E-state index contributed by atoms with van der Waals surface area (Å²) in [5.74, 6) is 0.222. The van der Waals surface area contributed by atoms with Gasteiger partial charge in [0.1, 0.15) is 6.33 Å². The molecule has 1 saturated heterocycles. The molecule has 0 radical (unpaired) electrons. The maximum atomic E-state index is 11.9. The zero-order valence-corrected chi connectivity index (χ0v) is 18.5. The molecule has 3 atom stereocenters. The van der Waals surface area contributed by atoms with Crippen molar-refractivity contribution < 1.29 is 8.42 Å². The molecule has 0 spiro atoms. The highest BCUT2D eigenvalue weighted by atomic mass is 32.2. The van der Waals surface area contributed by atoms with Crippen molar-refractivity contribution in [1.29, 1.82) is 0 Å². The fourth-order valence-electron chi connectivity index (χ4n) is 5.12. The van der Waals surface area contributed by atoms with E-state index in [1.165, 1.54) is 28.6 Å². The molecule has 5 rings (SSSR count). The lowest BCUT2D eigenvalue weighted by Gasteiger charge is -2.41. The molecule has 0 saturated carbocycles. The Bertz CT molecular complexity index is 1210. The van der Waals surface area contributed by atoms with Gasteiger partial charge in [-0.1, -0.05) is 37.3 Å². The van der Waals surface area contributed by atoms with E-state index in [1.54, 1.807) is 12.5 Å². The van der Waals surface area contributed by atoms with Gasteiger partial charge in [-0.2, -0.15) is 0 Å². The van der Waals surface area contributed by atoms with Crippen molar-refractivity contribution in [3.05, 3.63) is 77.7 Å². The molecule has 1 N–H and O–H groups in total. The first kappa shape index (κ1) is 20.2. The Hall–Kier alpha value is -2.77. The van der Waals surface area contributed by atoms with Crippen LogP contribution in [0.2, 0.25) is 0 Å². The van der Waals surface area contributed by atoms with E-state index in [9.17, 15) is 8.42 Å². The van der Waals surface area contributed by atoms with Crippen molar-refractivity contribution in [2.24, 2.45) is 0 Å². The molecule has 3 heterocycles. The number of benzene rings is 2. The monoisotopic (exact) mass is 434 g/mol. The first-order valence-corrected chi connectivity index (χ1v) is 12.5. The predicted molar refractivity (Wildman–Crippen MR) is 123 cm³/mol. The molecular formula is C24H26N4O2S. The van der Waals surface area contributed by atoms with Crippen LogP contribution >= 0.6 is 0 Å². The maximum Gasteiger partial charge on any atom is 0.208 e. The van der Waals surface area contributed by atoms with Crippen LogP contribution in [0.1, 0.15) is 48.4 Å². The molecule has 2 aliphatic rings. The molecule has 0 amide bonds. The Morgan fingerprint density at radius 3 is 2.61 bits per heavy atom. The number of nitrogens with zero attached hydrogens (tertiary/aromatic N) is 3. The van der Waals surface area contributed by atoms with Gasteiger partial charge in [-0.25, -0.2) is 23.1 Å². The van der Waals surface area contributed by atoms with Gasteiger partial charge in [0.15, 0.2) is 0 Å². The summed E-state index contributed by atoms with van der Waals surface area (Å²) in [4.78, 5) is 10.9. The second kappa shape index (κ2) is 7.73. The highest BCUT2D eigenvalue weighted by Gasteiger charge is 2.37. The topological polar surface area (TPSA) is 75.2 Å². The summed E-state index contributed by atoms with van der Waals surface area (Å²) in [6.07, 6.45) is 6.13. The molecule has 0 unspecified atom stereocenters. The number of hydrogen-bond acceptors (Lipinski definition) is 5. The zero-order valence-electron chi connectivity index (χ0n) is 17.7. The zero-order chi connectivity index (χ0) is 21.6. The van der Waals surface area contributed by atoms with Gasteiger partial charge in [-0.3, -0.25) is 0 Å². The van der Waals surface area contributed by atoms with E-state index < -0.39 is 10.0 Å². The van der Waals surface area contributed by atoms with Gasteiger partial charge < -0.3 is 4.90 Å². The number of anilines is 1. The lowest BCUT2D eigenvalue weighted by molar-refractivity contribution is 0.396. The van der Waals surface area contributed by atoms with Gasteiger partial charge in [0.05, 0.1) is 18.0 Å². The summed E-state index contributed by atoms with van der Waals surface area (Å²) in [6.45, 7) is 3.06. The molecule has 3 aromatic rings. The molecule has 6 nitrogen and oxygen atoms in total. The van der Waals surface area contributed by atoms with E-state index in [1.807, 2.05) is 6.07 Å². The standard InChI is InChI=1S/C24H26N4O2S/c1-16-19-5-3-4-6-20(19)24-14-18(27-31(2,29)30)10-12-28(24)23-8-7-17(13-21(16)23)22-9-11-25-15-26-22/h3-9,11,13,15-16,18,24,27H,10,12,14H2,1-2H3/t16-,18-,24-/m1/s1. The van der Waals surface area contributed by atoms with Crippen LogP contribution in [-0.2, 0) is 10.0 Å². The SMILES string of the molecule is C[C@@H]1c2ccccc2[C@H]2C[C@H](NS(C)(=O)=O)CCN2c2ccc(-c3ccncn3)cc21. The first-order valence-electron chi connectivity index (χ1n) is 10.6. The molecule has 0 aliphatic carbocycles. The van der Waals surface area contributed by atoms with E-state index >= 15 is 0 Å². The highest BCUT2D eigenvalue weighted by Crippen LogP contribution is 2.47. The van der Waals surface area contributed by atoms with Crippen molar-refractivity contribution in [1.82, 2.24) is 14.7 Å². The third kappa shape index (κ3) is 3.83. The molecule has 1 fully saturated rings. The van der Waals surface area contributed by atoms with Crippen LogP contribution in [0.5, 0.6) is 0 Å². The van der Waals surface area contributed by atoms with Crippen molar-refractivity contribution >= 4 is 15.7 Å². The third-order valence-corrected chi connectivity index (χ3v) is 7.25. The van der Waals surface area contributed by atoms with E-state index in [0.717, 1.165) is 30.6 Å². The van der Waals surface area contributed by atoms with Crippen molar-refractivity contribution in [3.8, 4) is 11.3 Å². The minimum Gasteiger partial charge on any atom is -0.364 e. The summed E-state index contributed by atoms with van der Waals surface area (Å²) in [7, 11) is -3.24. The third-order valence-electron chi connectivity index (χ3n) is 6.49.